The molecule has 0 aliphatic carbocycles. The Morgan fingerprint density at radius 1 is 1.16 bits per heavy atom. The molecular weight excluding hydrogens is 390 g/mol. The first kappa shape index (κ1) is 22.8. The normalized spacial score (nSPS) is 16.0. The van der Waals surface area contributed by atoms with Gasteiger partial charge in [0.25, 0.3) is 0 Å². The average molecular weight is 424 g/mol. The number of benzene rings is 1. The van der Waals surface area contributed by atoms with E-state index in [0.29, 0.717) is 18.8 Å². The van der Waals surface area contributed by atoms with Gasteiger partial charge in [-0.15, -0.1) is 0 Å². The summed E-state index contributed by atoms with van der Waals surface area (Å²) < 4.78 is 7.92. The van der Waals surface area contributed by atoms with Crippen LogP contribution in [-0.2, 0) is 17.8 Å². The number of piperazine rings is 1. The standard InChI is InChI=1S/C24H33N5O2/c1-6-22(24(2,3)4)31-23(30)28-13-11-27(12-14-28)17-21-15-26-18-29(21)16-19-7-9-20(25-5)10-8-19/h7-10,15,18,22H,6,11-14,16-17H2,1-4H3. The van der Waals surface area contributed by atoms with Gasteiger partial charge in [-0.25, -0.2) is 14.6 Å². The van der Waals surface area contributed by atoms with Crippen molar-refractivity contribution in [3.63, 3.8) is 0 Å². The summed E-state index contributed by atoms with van der Waals surface area (Å²) in [5.74, 6) is 0. The topological polar surface area (TPSA) is 55.0 Å². The SMILES string of the molecule is [C-]#[N+]c1ccc(Cn2cncc2CN2CCN(C(=O)OC(CC)C(C)(C)C)CC2)cc1. The summed E-state index contributed by atoms with van der Waals surface area (Å²) in [6.45, 7) is 19.9. The fourth-order valence-corrected chi connectivity index (χ4v) is 3.88. The Bertz CT molecular complexity index is 899. The maximum Gasteiger partial charge on any atom is 0.410 e. The molecule has 0 saturated carbocycles. The van der Waals surface area contributed by atoms with Crippen molar-refractivity contribution in [3.05, 3.63) is 59.5 Å². The second-order valence-corrected chi connectivity index (χ2v) is 9.20. The Hall–Kier alpha value is -2.85. The molecule has 1 amide bonds. The molecule has 2 aromatic rings. The van der Waals surface area contributed by atoms with E-state index in [4.69, 9.17) is 11.3 Å². The lowest BCUT2D eigenvalue weighted by atomic mass is 9.87. The van der Waals surface area contributed by atoms with Crippen molar-refractivity contribution in [2.75, 3.05) is 26.2 Å². The molecule has 0 N–H and O–H groups in total. The van der Waals surface area contributed by atoms with Crippen molar-refractivity contribution >= 4 is 11.8 Å². The number of ether oxygens (including phenoxy) is 1. The number of rotatable bonds is 6. The minimum absolute atomic E-state index is 0.0546. The zero-order valence-electron chi connectivity index (χ0n) is 19.0. The first-order valence-corrected chi connectivity index (χ1v) is 10.9. The van der Waals surface area contributed by atoms with Crippen LogP contribution >= 0.6 is 0 Å². The van der Waals surface area contributed by atoms with E-state index in [-0.39, 0.29) is 17.6 Å². The summed E-state index contributed by atoms with van der Waals surface area (Å²) in [6, 6.07) is 7.67. The molecule has 1 fully saturated rings. The summed E-state index contributed by atoms with van der Waals surface area (Å²) >= 11 is 0. The van der Waals surface area contributed by atoms with Crippen LogP contribution in [0.15, 0.2) is 36.8 Å². The molecule has 31 heavy (non-hydrogen) atoms. The van der Waals surface area contributed by atoms with Gasteiger partial charge in [-0.05, 0) is 17.4 Å². The van der Waals surface area contributed by atoms with Crippen LogP contribution < -0.4 is 0 Å². The lowest BCUT2D eigenvalue weighted by Crippen LogP contribution is -2.49. The van der Waals surface area contributed by atoms with Crippen LogP contribution in [0.25, 0.3) is 4.85 Å². The van der Waals surface area contributed by atoms with E-state index in [0.717, 1.165) is 43.9 Å². The highest BCUT2D eigenvalue weighted by atomic mass is 16.6. The van der Waals surface area contributed by atoms with Crippen LogP contribution in [-0.4, -0.2) is 57.7 Å². The molecule has 166 valence electrons. The minimum Gasteiger partial charge on any atom is -0.446 e. The molecule has 3 rings (SSSR count). The van der Waals surface area contributed by atoms with Gasteiger partial charge in [0.05, 0.1) is 18.6 Å². The van der Waals surface area contributed by atoms with Crippen LogP contribution in [0.2, 0.25) is 0 Å². The van der Waals surface area contributed by atoms with E-state index in [1.165, 1.54) is 0 Å². The smallest absolute Gasteiger partial charge is 0.410 e. The Morgan fingerprint density at radius 3 is 2.42 bits per heavy atom. The number of hydrogen-bond acceptors (Lipinski definition) is 4. The Kier molecular flexibility index (Phi) is 7.34. The van der Waals surface area contributed by atoms with E-state index in [2.05, 4.69) is 47.0 Å². The highest BCUT2D eigenvalue weighted by Crippen LogP contribution is 2.25. The lowest BCUT2D eigenvalue weighted by molar-refractivity contribution is -0.000180. The molecule has 2 heterocycles. The van der Waals surface area contributed by atoms with Crippen LogP contribution in [0.5, 0.6) is 0 Å². The fraction of sp³-hybridized carbons (Fsp3) is 0.542. The molecule has 1 aromatic carbocycles. The molecule has 1 aliphatic rings. The maximum absolute atomic E-state index is 12.6. The number of nitrogens with zero attached hydrogens (tertiary/aromatic N) is 5. The lowest BCUT2D eigenvalue weighted by Gasteiger charge is -2.36. The molecule has 0 bridgehead atoms. The molecule has 1 atom stereocenters. The summed E-state index contributed by atoms with van der Waals surface area (Å²) in [6.07, 6.45) is 4.30. The van der Waals surface area contributed by atoms with Crippen molar-refractivity contribution in [3.8, 4) is 0 Å². The zero-order chi connectivity index (χ0) is 22.4. The first-order valence-electron chi connectivity index (χ1n) is 10.9. The molecule has 7 heteroatoms. The largest absolute Gasteiger partial charge is 0.446 e. The van der Waals surface area contributed by atoms with Gasteiger partial charge in [0, 0.05) is 45.5 Å². The second-order valence-electron chi connectivity index (χ2n) is 9.20. The molecule has 1 unspecified atom stereocenters. The third kappa shape index (κ3) is 6.08. The fourth-order valence-electron chi connectivity index (χ4n) is 3.88. The highest BCUT2D eigenvalue weighted by Gasteiger charge is 2.30. The van der Waals surface area contributed by atoms with Crippen LogP contribution in [0, 0.1) is 12.0 Å². The average Bonchev–Trinajstić information content (AvgIpc) is 3.18. The van der Waals surface area contributed by atoms with Crippen LogP contribution in [0.4, 0.5) is 10.5 Å². The quantitative estimate of drug-likeness (QED) is 0.639. The molecular formula is C24H33N5O2. The number of carbonyl (C=O) groups is 1. The summed E-state index contributed by atoms with van der Waals surface area (Å²) in [7, 11) is 0. The van der Waals surface area contributed by atoms with Gasteiger partial charge in [0.1, 0.15) is 6.10 Å². The van der Waals surface area contributed by atoms with Gasteiger partial charge < -0.3 is 14.2 Å². The maximum atomic E-state index is 12.6. The molecule has 1 aliphatic heterocycles. The van der Waals surface area contributed by atoms with Crippen molar-refractivity contribution in [2.24, 2.45) is 5.41 Å². The van der Waals surface area contributed by atoms with E-state index in [9.17, 15) is 4.79 Å². The molecule has 0 spiro atoms. The minimum atomic E-state index is -0.200. The van der Waals surface area contributed by atoms with Gasteiger partial charge in [0.15, 0.2) is 5.69 Å². The summed E-state index contributed by atoms with van der Waals surface area (Å²) in [4.78, 5) is 24.5. The number of amides is 1. The zero-order valence-corrected chi connectivity index (χ0v) is 19.0. The summed E-state index contributed by atoms with van der Waals surface area (Å²) in [5, 5.41) is 0. The summed E-state index contributed by atoms with van der Waals surface area (Å²) in [5.41, 5.74) is 2.88. The first-order chi connectivity index (χ1) is 14.8. The van der Waals surface area contributed by atoms with E-state index in [1.54, 1.807) is 0 Å². The van der Waals surface area contributed by atoms with Gasteiger partial charge in [0.2, 0.25) is 0 Å². The van der Waals surface area contributed by atoms with Gasteiger partial charge in [-0.1, -0.05) is 52.0 Å². The Labute approximate surface area is 185 Å². The van der Waals surface area contributed by atoms with Crippen LogP contribution in [0.3, 0.4) is 0 Å². The number of hydrogen-bond donors (Lipinski definition) is 0. The van der Waals surface area contributed by atoms with Gasteiger partial charge in [-0.2, -0.15) is 0 Å². The second kappa shape index (κ2) is 9.97. The van der Waals surface area contributed by atoms with Crippen molar-refractivity contribution in [1.82, 2.24) is 19.4 Å². The third-order valence-corrected chi connectivity index (χ3v) is 5.81. The monoisotopic (exact) mass is 423 g/mol. The molecule has 1 saturated heterocycles. The van der Waals surface area contributed by atoms with E-state index in [1.807, 2.05) is 41.7 Å². The number of aromatic nitrogens is 2. The van der Waals surface area contributed by atoms with Gasteiger partial charge in [-0.3, -0.25) is 4.90 Å². The predicted octanol–water partition coefficient (Wildman–Crippen LogP) is 4.56. The van der Waals surface area contributed by atoms with Crippen molar-refractivity contribution in [2.45, 2.75) is 53.3 Å². The van der Waals surface area contributed by atoms with E-state index < -0.39 is 0 Å². The Balaban J connectivity index is 1.52. The molecule has 0 radical (unpaired) electrons. The van der Waals surface area contributed by atoms with Crippen molar-refractivity contribution < 1.29 is 9.53 Å². The predicted molar refractivity (Wildman–Crippen MR) is 121 cm³/mol. The molecule has 1 aromatic heterocycles. The number of imidazole rings is 1. The van der Waals surface area contributed by atoms with E-state index >= 15 is 0 Å². The third-order valence-electron chi connectivity index (χ3n) is 5.81. The van der Waals surface area contributed by atoms with Crippen LogP contribution in [0.1, 0.15) is 45.4 Å². The van der Waals surface area contributed by atoms with Crippen molar-refractivity contribution in [1.29, 1.82) is 0 Å². The molecule has 7 nitrogen and oxygen atoms in total. The van der Waals surface area contributed by atoms with Gasteiger partial charge >= 0.3 is 6.09 Å². The highest BCUT2D eigenvalue weighted by molar-refractivity contribution is 5.68. The number of carbonyl (C=O) groups excluding carboxylic acids is 1. The Morgan fingerprint density at radius 2 is 1.84 bits per heavy atom.